The first-order valence-corrected chi connectivity index (χ1v) is 12.5. The Labute approximate surface area is 174 Å². The molecule has 0 saturated carbocycles. The van der Waals surface area contributed by atoms with E-state index in [4.69, 9.17) is 13.9 Å². The zero-order valence-electron chi connectivity index (χ0n) is 19.0. The van der Waals surface area contributed by atoms with Gasteiger partial charge in [0.2, 0.25) is 0 Å². The largest absolute Gasteiger partial charge is 0.497 e. The van der Waals surface area contributed by atoms with Gasteiger partial charge in [0.05, 0.1) is 7.11 Å². The highest BCUT2D eigenvalue weighted by Gasteiger charge is 2.43. The van der Waals surface area contributed by atoms with Crippen molar-refractivity contribution in [2.45, 2.75) is 77.4 Å². The minimum Gasteiger partial charge on any atom is -0.497 e. The number of rotatable bonds is 7. The highest BCUT2D eigenvalue weighted by atomic mass is 28.4. The van der Waals surface area contributed by atoms with Crippen molar-refractivity contribution >= 4 is 20.4 Å². The molecule has 0 spiro atoms. The molecule has 0 saturated heterocycles. The molecule has 7 nitrogen and oxygen atoms in total. The zero-order chi connectivity index (χ0) is 22.6. The van der Waals surface area contributed by atoms with Gasteiger partial charge in [-0.1, -0.05) is 32.9 Å². The molecule has 0 aromatic heterocycles. The molecular formula is C21H35NO6Si. The van der Waals surface area contributed by atoms with Crippen molar-refractivity contribution in [1.82, 2.24) is 5.32 Å². The molecule has 0 heterocycles. The molecule has 0 bridgehead atoms. The highest BCUT2D eigenvalue weighted by molar-refractivity contribution is 6.74. The lowest BCUT2D eigenvalue weighted by molar-refractivity contribution is -0.142. The fourth-order valence-corrected chi connectivity index (χ4v) is 3.60. The van der Waals surface area contributed by atoms with E-state index in [1.807, 2.05) is 13.1 Å². The SMILES string of the molecule is COc1cccc([C@H](O[Si](C)(C)C(C)(C)C)[C@H](NC(=O)OC(C)(C)C)C(=O)O)c1. The van der Waals surface area contributed by atoms with Crippen LogP contribution in [0.1, 0.15) is 53.2 Å². The van der Waals surface area contributed by atoms with Crippen LogP contribution in [-0.2, 0) is 14.0 Å². The molecular weight excluding hydrogens is 390 g/mol. The number of hydrogen-bond acceptors (Lipinski definition) is 5. The number of amides is 1. The van der Waals surface area contributed by atoms with Crippen molar-refractivity contribution in [2.24, 2.45) is 0 Å². The Kier molecular flexibility index (Phi) is 7.90. The Morgan fingerprint density at radius 1 is 1.10 bits per heavy atom. The predicted molar refractivity (Wildman–Crippen MR) is 115 cm³/mol. The topological polar surface area (TPSA) is 94.1 Å². The van der Waals surface area contributed by atoms with Gasteiger partial charge in [0.25, 0.3) is 0 Å². The van der Waals surface area contributed by atoms with Crippen LogP contribution in [0.3, 0.4) is 0 Å². The monoisotopic (exact) mass is 425 g/mol. The molecule has 8 heteroatoms. The first-order valence-electron chi connectivity index (χ1n) is 9.61. The summed E-state index contributed by atoms with van der Waals surface area (Å²) in [7, 11) is -0.843. The summed E-state index contributed by atoms with van der Waals surface area (Å²) in [5, 5.41) is 12.2. The lowest BCUT2D eigenvalue weighted by Gasteiger charge is -2.41. The van der Waals surface area contributed by atoms with Crippen LogP contribution in [0.25, 0.3) is 0 Å². The van der Waals surface area contributed by atoms with Gasteiger partial charge in [-0.15, -0.1) is 0 Å². The van der Waals surface area contributed by atoms with Gasteiger partial charge in [0.15, 0.2) is 14.4 Å². The number of aliphatic carboxylic acids is 1. The Morgan fingerprint density at radius 3 is 2.14 bits per heavy atom. The summed E-state index contributed by atoms with van der Waals surface area (Å²) in [5.74, 6) is -0.630. The number of nitrogens with one attached hydrogen (secondary N) is 1. The van der Waals surface area contributed by atoms with E-state index in [-0.39, 0.29) is 5.04 Å². The van der Waals surface area contributed by atoms with Crippen molar-refractivity contribution in [3.05, 3.63) is 29.8 Å². The number of carboxylic acid groups (broad SMARTS) is 1. The maximum atomic E-state index is 12.3. The van der Waals surface area contributed by atoms with Gasteiger partial charge in [0.1, 0.15) is 17.5 Å². The van der Waals surface area contributed by atoms with Crippen LogP contribution in [0, 0.1) is 0 Å². The summed E-state index contributed by atoms with van der Waals surface area (Å²) in [5.41, 5.74) is -0.142. The van der Waals surface area contributed by atoms with E-state index in [9.17, 15) is 14.7 Å². The minimum atomic E-state index is -2.38. The van der Waals surface area contributed by atoms with Gasteiger partial charge in [-0.2, -0.15) is 0 Å². The number of methoxy groups -OCH3 is 1. The first-order chi connectivity index (χ1) is 13.1. The number of carbonyl (C=O) groups excluding carboxylic acids is 1. The van der Waals surface area contributed by atoms with Crippen molar-refractivity contribution in [2.75, 3.05) is 7.11 Å². The van der Waals surface area contributed by atoms with E-state index in [1.165, 1.54) is 7.11 Å². The fourth-order valence-electron chi connectivity index (χ4n) is 2.34. The molecule has 1 aromatic rings. The van der Waals surface area contributed by atoms with Crippen LogP contribution in [0.15, 0.2) is 24.3 Å². The normalized spacial score (nSPS) is 14.7. The van der Waals surface area contributed by atoms with Crippen LogP contribution in [0.2, 0.25) is 18.1 Å². The molecule has 2 N–H and O–H groups in total. The van der Waals surface area contributed by atoms with Crippen molar-refractivity contribution in [3.63, 3.8) is 0 Å². The summed E-state index contributed by atoms with van der Waals surface area (Å²) < 4.78 is 17.0. The van der Waals surface area contributed by atoms with Crippen LogP contribution >= 0.6 is 0 Å². The molecule has 0 radical (unpaired) electrons. The fraction of sp³-hybridized carbons (Fsp3) is 0.619. The third-order valence-corrected chi connectivity index (χ3v) is 9.35. The third kappa shape index (κ3) is 7.36. The van der Waals surface area contributed by atoms with E-state index in [0.29, 0.717) is 11.3 Å². The highest BCUT2D eigenvalue weighted by Crippen LogP contribution is 2.41. The molecule has 0 fully saturated rings. The van der Waals surface area contributed by atoms with E-state index >= 15 is 0 Å². The molecule has 2 atom stereocenters. The molecule has 0 aliphatic carbocycles. The third-order valence-electron chi connectivity index (χ3n) is 4.89. The second kappa shape index (κ2) is 9.17. The summed E-state index contributed by atoms with van der Waals surface area (Å²) >= 11 is 0. The molecule has 0 aliphatic heterocycles. The Bertz CT molecular complexity index is 721. The number of alkyl carbamates (subject to hydrolysis) is 1. The van der Waals surface area contributed by atoms with Gasteiger partial charge in [-0.25, -0.2) is 9.59 Å². The van der Waals surface area contributed by atoms with Crippen molar-refractivity contribution < 1.29 is 28.6 Å². The van der Waals surface area contributed by atoms with Gasteiger partial charge in [0, 0.05) is 0 Å². The second-order valence-electron chi connectivity index (χ2n) is 9.54. The lowest BCUT2D eigenvalue weighted by atomic mass is 10.0. The van der Waals surface area contributed by atoms with Crippen LogP contribution in [0.4, 0.5) is 4.79 Å². The number of carbonyl (C=O) groups is 2. The Morgan fingerprint density at radius 2 is 1.69 bits per heavy atom. The quantitative estimate of drug-likeness (QED) is 0.613. The average Bonchev–Trinajstić information content (AvgIpc) is 2.55. The van der Waals surface area contributed by atoms with E-state index < -0.39 is 38.1 Å². The maximum Gasteiger partial charge on any atom is 0.408 e. The zero-order valence-corrected chi connectivity index (χ0v) is 20.0. The van der Waals surface area contributed by atoms with Gasteiger partial charge >= 0.3 is 12.1 Å². The lowest BCUT2D eigenvalue weighted by Crippen LogP contribution is -2.51. The molecule has 29 heavy (non-hydrogen) atoms. The molecule has 0 unspecified atom stereocenters. The number of ether oxygens (including phenoxy) is 2. The molecule has 1 rings (SSSR count). The van der Waals surface area contributed by atoms with Crippen LogP contribution < -0.4 is 10.1 Å². The van der Waals surface area contributed by atoms with Gasteiger partial charge in [-0.3, -0.25) is 0 Å². The Hall–Kier alpha value is -2.06. The van der Waals surface area contributed by atoms with E-state index in [0.717, 1.165) is 0 Å². The molecule has 164 valence electrons. The second-order valence-corrected chi connectivity index (χ2v) is 14.3. The van der Waals surface area contributed by atoms with E-state index in [2.05, 4.69) is 26.1 Å². The predicted octanol–water partition coefficient (Wildman–Crippen LogP) is 4.74. The summed E-state index contributed by atoms with van der Waals surface area (Å²) in [6.07, 6.45) is -1.72. The minimum absolute atomic E-state index is 0.154. The summed E-state index contributed by atoms with van der Waals surface area (Å²) in [6, 6.07) is 5.70. The molecule has 1 amide bonds. The standard InChI is InChI=1S/C21H35NO6Si/c1-20(2,3)27-19(25)22-16(18(23)24)17(28-29(8,9)21(4,5)6)14-11-10-12-15(13-14)26-7/h10-13,16-17H,1-9H3,(H,22,25)(H,23,24)/t16-,17-/m0/s1. The maximum absolute atomic E-state index is 12.3. The van der Waals surface area contributed by atoms with Crippen LogP contribution in [0.5, 0.6) is 5.75 Å². The number of hydrogen-bond donors (Lipinski definition) is 2. The average molecular weight is 426 g/mol. The summed E-state index contributed by atoms with van der Waals surface area (Å²) in [6.45, 7) is 15.4. The first kappa shape index (κ1) is 25.0. The van der Waals surface area contributed by atoms with Crippen LogP contribution in [-0.4, -0.2) is 44.2 Å². The number of carboxylic acids is 1. The Balaban J connectivity index is 3.38. The van der Waals surface area contributed by atoms with Crippen molar-refractivity contribution in [1.29, 1.82) is 0 Å². The van der Waals surface area contributed by atoms with Gasteiger partial charge in [-0.05, 0) is 56.6 Å². The van der Waals surface area contributed by atoms with Crippen molar-refractivity contribution in [3.8, 4) is 5.75 Å². The van der Waals surface area contributed by atoms with E-state index in [1.54, 1.807) is 45.0 Å². The van der Waals surface area contributed by atoms with Gasteiger partial charge < -0.3 is 24.3 Å². The smallest absolute Gasteiger partial charge is 0.408 e. The molecule has 1 aromatic carbocycles. The number of benzene rings is 1. The molecule has 0 aliphatic rings. The summed E-state index contributed by atoms with van der Waals surface area (Å²) in [4.78, 5) is 24.5.